The number of Topliss-reactive ketones (excluding diaryl/α,β-unsaturated/α-hetero) is 1. The van der Waals surface area contributed by atoms with Gasteiger partial charge in [0.05, 0.1) is 10.7 Å². The third-order valence-electron chi connectivity index (χ3n) is 3.03. The number of para-hydroxylation sites is 1. The predicted molar refractivity (Wildman–Crippen MR) is 65.8 cm³/mol. The molecule has 0 unspecified atom stereocenters. The van der Waals surface area contributed by atoms with Crippen molar-refractivity contribution in [2.24, 2.45) is 5.92 Å². The van der Waals surface area contributed by atoms with Crippen molar-refractivity contribution in [3.63, 3.8) is 0 Å². The Hall–Kier alpha value is -1.06. The van der Waals surface area contributed by atoms with Gasteiger partial charge in [0.25, 0.3) is 0 Å². The van der Waals surface area contributed by atoms with E-state index in [9.17, 15) is 4.79 Å². The summed E-state index contributed by atoms with van der Waals surface area (Å²) in [5.41, 5.74) is 6.80. The molecule has 0 amide bonds. The van der Waals surface area contributed by atoms with Crippen LogP contribution in [0, 0.1) is 5.92 Å². The molecule has 16 heavy (non-hydrogen) atoms. The van der Waals surface area contributed by atoms with Gasteiger partial charge in [0.15, 0.2) is 5.78 Å². The summed E-state index contributed by atoms with van der Waals surface area (Å²) in [4.78, 5) is 12.2. The Morgan fingerprint density at radius 2 is 2.06 bits per heavy atom. The summed E-state index contributed by atoms with van der Waals surface area (Å²) in [6.45, 7) is 1.80. The van der Waals surface area contributed by atoms with Crippen molar-refractivity contribution in [1.29, 1.82) is 0 Å². The van der Waals surface area contributed by atoms with Gasteiger partial charge in [0, 0.05) is 11.5 Å². The lowest BCUT2D eigenvalue weighted by molar-refractivity contribution is 0.0896. The Labute approximate surface area is 100.0 Å². The zero-order chi connectivity index (χ0) is 11.5. The van der Waals surface area contributed by atoms with Crippen molar-refractivity contribution < 1.29 is 4.79 Å². The molecule has 0 aromatic heterocycles. The van der Waals surface area contributed by atoms with Crippen LogP contribution in [-0.4, -0.2) is 18.9 Å². The Morgan fingerprint density at radius 1 is 1.38 bits per heavy atom. The van der Waals surface area contributed by atoms with E-state index in [4.69, 9.17) is 17.3 Å². The van der Waals surface area contributed by atoms with E-state index in [0.717, 1.165) is 25.9 Å². The molecule has 3 N–H and O–H groups in total. The number of carbonyl (C=O) groups is 1. The maximum absolute atomic E-state index is 12.2. The van der Waals surface area contributed by atoms with Gasteiger partial charge in [-0.3, -0.25) is 4.79 Å². The number of hydrogen-bond donors (Lipinski definition) is 2. The van der Waals surface area contributed by atoms with Crippen molar-refractivity contribution in [2.75, 3.05) is 18.8 Å². The second-order valence-corrected chi connectivity index (χ2v) is 4.50. The quantitative estimate of drug-likeness (QED) is 0.613. The van der Waals surface area contributed by atoms with Gasteiger partial charge in [0.1, 0.15) is 0 Å². The Balaban J connectivity index is 2.22. The largest absolute Gasteiger partial charge is 0.397 e. The number of nitrogens with two attached hydrogens (primary N) is 1. The molecule has 2 rings (SSSR count). The topological polar surface area (TPSA) is 55.1 Å². The molecule has 1 aromatic rings. The molecule has 86 valence electrons. The van der Waals surface area contributed by atoms with Gasteiger partial charge in [-0.1, -0.05) is 17.7 Å². The zero-order valence-corrected chi connectivity index (χ0v) is 9.76. The molecule has 1 heterocycles. The molecule has 0 radical (unpaired) electrons. The van der Waals surface area contributed by atoms with Crippen LogP contribution in [0.3, 0.4) is 0 Å². The summed E-state index contributed by atoms with van der Waals surface area (Å²) < 4.78 is 0. The lowest BCUT2D eigenvalue weighted by Gasteiger charge is -2.22. The second-order valence-electron chi connectivity index (χ2n) is 4.09. The molecule has 0 atom stereocenters. The third-order valence-corrected chi connectivity index (χ3v) is 3.36. The summed E-state index contributed by atoms with van der Waals surface area (Å²) in [5, 5.41) is 3.70. The van der Waals surface area contributed by atoms with Crippen LogP contribution in [0.25, 0.3) is 0 Å². The van der Waals surface area contributed by atoms with Gasteiger partial charge in [0.2, 0.25) is 0 Å². The van der Waals surface area contributed by atoms with Crippen LogP contribution >= 0.6 is 11.6 Å². The number of hydrogen-bond acceptors (Lipinski definition) is 3. The molecule has 4 heteroatoms. The standard InChI is InChI=1S/C12H15ClN2O/c13-10-3-1-2-9(11(10)14)12(16)8-4-6-15-7-5-8/h1-3,8,15H,4-7,14H2. The van der Waals surface area contributed by atoms with E-state index in [1.807, 2.05) is 0 Å². The van der Waals surface area contributed by atoms with E-state index >= 15 is 0 Å². The molecule has 0 aliphatic carbocycles. The predicted octanol–water partition coefficient (Wildman–Crippen LogP) is 2.10. The maximum atomic E-state index is 12.2. The van der Waals surface area contributed by atoms with Crippen molar-refractivity contribution in [3.05, 3.63) is 28.8 Å². The van der Waals surface area contributed by atoms with E-state index in [1.54, 1.807) is 18.2 Å². The molecule has 0 bridgehead atoms. The number of ketones is 1. The number of carbonyl (C=O) groups excluding carboxylic acids is 1. The van der Waals surface area contributed by atoms with Crippen LogP contribution in [0.15, 0.2) is 18.2 Å². The highest BCUT2D eigenvalue weighted by atomic mass is 35.5. The number of benzene rings is 1. The Kier molecular flexibility index (Phi) is 3.46. The van der Waals surface area contributed by atoms with E-state index in [0.29, 0.717) is 16.3 Å². The summed E-state index contributed by atoms with van der Waals surface area (Å²) in [5.74, 6) is 0.212. The average molecular weight is 239 g/mol. The van der Waals surface area contributed by atoms with Crippen molar-refractivity contribution in [3.8, 4) is 0 Å². The van der Waals surface area contributed by atoms with Gasteiger partial charge in [-0.25, -0.2) is 0 Å². The van der Waals surface area contributed by atoms with Gasteiger partial charge in [-0.2, -0.15) is 0 Å². The second kappa shape index (κ2) is 4.85. The number of nitrogens with one attached hydrogen (secondary N) is 1. The smallest absolute Gasteiger partial charge is 0.168 e. The molecule has 1 fully saturated rings. The first-order chi connectivity index (χ1) is 7.70. The minimum Gasteiger partial charge on any atom is -0.397 e. The minimum atomic E-state index is 0.0852. The van der Waals surface area contributed by atoms with Crippen molar-refractivity contribution in [2.45, 2.75) is 12.8 Å². The monoisotopic (exact) mass is 238 g/mol. The highest BCUT2D eigenvalue weighted by Gasteiger charge is 2.23. The molecule has 0 saturated carbocycles. The Bertz CT molecular complexity index is 400. The van der Waals surface area contributed by atoms with Crippen LogP contribution in [0.4, 0.5) is 5.69 Å². The fraction of sp³-hybridized carbons (Fsp3) is 0.417. The summed E-state index contributed by atoms with van der Waals surface area (Å²) in [6, 6.07) is 5.23. The highest BCUT2D eigenvalue weighted by molar-refractivity contribution is 6.34. The average Bonchev–Trinajstić information content (AvgIpc) is 2.33. The number of piperidine rings is 1. The molecule has 1 aliphatic heterocycles. The van der Waals surface area contributed by atoms with Crippen LogP contribution in [0.1, 0.15) is 23.2 Å². The molecular formula is C12H15ClN2O. The van der Waals surface area contributed by atoms with Gasteiger partial charge < -0.3 is 11.1 Å². The first-order valence-electron chi connectivity index (χ1n) is 5.49. The van der Waals surface area contributed by atoms with E-state index in [1.165, 1.54) is 0 Å². The van der Waals surface area contributed by atoms with Crippen molar-refractivity contribution >= 4 is 23.1 Å². The van der Waals surface area contributed by atoms with Crippen LogP contribution < -0.4 is 11.1 Å². The van der Waals surface area contributed by atoms with Crippen LogP contribution in [-0.2, 0) is 0 Å². The van der Waals surface area contributed by atoms with Gasteiger partial charge in [-0.15, -0.1) is 0 Å². The molecule has 1 aliphatic rings. The first-order valence-corrected chi connectivity index (χ1v) is 5.87. The van der Waals surface area contributed by atoms with E-state index in [-0.39, 0.29) is 11.7 Å². The number of rotatable bonds is 2. The van der Waals surface area contributed by atoms with Gasteiger partial charge in [-0.05, 0) is 38.1 Å². The molecule has 1 saturated heterocycles. The fourth-order valence-corrected chi connectivity index (χ4v) is 2.23. The Morgan fingerprint density at radius 3 is 2.75 bits per heavy atom. The van der Waals surface area contributed by atoms with E-state index in [2.05, 4.69) is 5.32 Å². The first kappa shape index (κ1) is 11.4. The normalized spacial score (nSPS) is 17.3. The molecule has 1 aromatic carbocycles. The summed E-state index contributed by atoms with van der Waals surface area (Å²) >= 11 is 5.91. The molecule has 3 nitrogen and oxygen atoms in total. The van der Waals surface area contributed by atoms with Crippen LogP contribution in [0.5, 0.6) is 0 Å². The number of anilines is 1. The highest BCUT2D eigenvalue weighted by Crippen LogP contribution is 2.27. The minimum absolute atomic E-state index is 0.0852. The zero-order valence-electron chi connectivity index (χ0n) is 9.00. The number of nitrogen functional groups attached to an aromatic ring is 1. The van der Waals surface area contributed by atoms with Crippen molar-refractivity contribution in [1.82, 2.24) is 5.32 Å². The lowest BCUT2D eigenvalue weighted by atomic mass is 9.89. The fourth-order valence-electron chi connectivity index (χ4n) is 2.06. The molecule has 0 spiro atoms. The van der Waals surface area contributed by atoms with Crippen LogP contribution in [0.2, 0.25) is 5.02 Å². The molecular weight excluding hydrogens is 224 g/mol. The summed E-state index contributed by atoms with van der Waals surface area (Å²) in [6.07, 6.45) is 1.76. The number of halogens is 1. The lowest BCUT2D eigenvalue weighted by Crippen LogP contribution is -2.32. The van der Waals surface area contributed by atoms with Gasteiger partial charge >= 0.3 is 0 Å². The summed E-state index contributed by atoms with van der Waals surface area (Å²) in [7, 11) is 0. The maximum Gasteiger partial charge on any atom is 0.168 e. The SMILES string of the molecule is Nc1c(Cl)cccc1C(=O)C1CCNCC1. The van der Waals surface area contributed by atoms with E-state index < -0.39 is 0 Å². The third kappa shape index (κ3) is 2.20.